The van der Waals surface area contributed by atoms with E-state index in [0.29, 0.717) is 6.04 Å². The van der Waals surface area contributed by atoms with Gasteiger partial charge in [0.05, 0.1) is 6.07 Å². The zero-order valence-electron chi connectivity index (χ0n) is 13.8. The minimum absolute atomic E-state index is 0.0136. The zero-order valence-corrected chi connectivity index (χ0v) is 13.8. The van der Waals surface area contributed by atoms with Gasteiger partial charge in [0, 0.05) is 55.6 Å². The van der Waals surface area contributed by atoms with E-state index in [4.69, 9.17) is 0 Å². The Labute approximate surface area is 133 Å². The SMILES string of the molecule is CC(C)(C)c1ncc(CN2CCN(C3CC3)C(C#N)C2)cn1. The van der Waals surface area contributed by atoms with Crippen LogP contribution in [-0.2, 0) is 12.0 Å². The molecule has 0 aromatic carbocycles. The van der Waals surface area contributed by atoms with E-state index in [2.05, 4.69) is 46.6 Å². The van der Waals surface area contributed by atoms with Gasteiger partial charge in [0.15, 0.2) is 0 Å². The lowest BCUT2D eigenvalue weighted by Gasteiger charge is -2.38. The molecule has 1 unspecified atom stereocenters. The number of piperazine rings is 1. The Morgan fingerprint density at radius 1 is 1.23 bits per heavy atom. The molecule has 0 amide bonds. The molecule has 2 heterocycles. The Bertz CT molecular complexity index is 550. The highest BCUT2D eigenvalue weighted by atomic mass is 15.3. The van der Waals surface area contributed by atoms with Gasteiger partial charge >= 0.3 is 0 Å². The van der Waals surface area contributed by atoms with Crippen molar-refractivity contribution < 1.29 is 0 Å². The summed E-state index contributed by atoms with van der Waals surface area (Å²) in [6, 6.07) is 3.18. The predicted molar refractivity (Wildman–Crippen MR) is 85.1 cm³/mol. The summed E-state index contributed by atoms with van der Waals surface area (Å²) in [4.78, 5) is 13.7. The van der Waals surface area contributed by atoms with Crippen LogP contribution in [0, 0.1) is 11.3 Å². The van der Waals surface area contributed by atoms with Crippen LogP contribution in [0.25, 0.3) is 0 Å². The molecule has 1 aliphatic carbocycles. The lowest BCUT2D eigenvalue weighted by molar-refractivity contribution is 0.0896. The van der Waals surface area contributed by atoms with E-state index < -0.39 is 0 Å². The molecule has 0 bridgehead atoms. The van der Waals surface area contributed by atoms with Gasteiger partial charge in [-0.1, -0.05) is 20.8 Å². The van der Waals surface area contributed by atoms with Crippen LogP contribution in [0.1, 0.15) is 45.0 Å². The third-order valence-electron chi connectivity index (χ3n) is 4.45. The number of nitrogens with zero attached hydrogens (tertiary/aromatic N) is 5. The van der Waals surface area contributed by atoms with Crippen LogP contribution in [-0.4, -0.2) is 51.5 Å². The fraction of sp³-hybridized carbons (Fsp3) is 0.706. The molecule has 2 fully saturated rings. The van der Waals surface area contributed by atoms with Crippen LogP contribution in [0.5, 0.6) is 0 Å². The highest BCUT2D eigenvalue weighted by Crippen LogP contribution is 2.30. The third kappa shape index (κ3) is 3.45. The first kappa shape index (κ1) is 15.4. The van der Waals surface area contributed by atoms with Gasteiger partial charge in [-0.2, -0.15) is 5.26 Å². The van der Waals surface area contributed by atoms with Crippen molar-refractivity contribution in [3.63, 3.8) is 0 Å². The molecule has 0 N–H and O–H groups in total. The second-order valence-electron chi connectivity index (χ2n) is 7.51. The zero-order chi connectivity index (χ0) is 15.7. The molecule has 1 aromatic rings. The number of nitriles is 1. The van der Waals surface area contributed by atoms with Crippen molar-refractivity contribution in [3.8, 4) is 6.07 Å². The van der Waals surface area contributed by atoms with E-state index >= 15 is 0 Å². The molecule has 1 saturated carbocycles. The van der Waals surface area contributed by atoms with Gasteiger partial charge < -0.3 is 0 Å². The Balaban J connectivity index is 1.60. The standard InChI is InChI=1S/C17H25N5/c1-17(2,3)16-19-9-13(10-20-16)11-21-6-7-22(14-4-5-14)15(8-18)12-21/h9-10,14-15H,4-7,11-12H2,1-3H3. The van der Waals surface area contributed by atoms with Crippen LogP contribution < -0.4 is 0 Å². The van der Waals surface area contributed by atoms with Crippen molar-refractivity contribution in [1.29, 1.82) is 5.26 Å². The Morgan fingerprint density at radius 3 is 2.45 bits per heavy atom. The fourth-order valence-corrected chi connectivity index (χ4v) is 3.04. The van der Waals surface area contributed by atoms with E-state index in [1.807, 2.05) is 12.4 Å². The van der Waals surface area contributed by atoms with Crippen molar-refractivity contribution >= 4 is 0 Å². The average Bonchev–Trinajstić information content (AvgIpc) is 3.31. The molecule has 0 radical (unpaired) electrons. The smallest absolute Gasteiger partial charge is 0.133 e. The summed E-state index contributed by atoms with van der Waals surface area (Å²) in [5, 5.41) is 9.40. The van der Waals surface area contributed by atoms with E-state index in [0.717, 1.165) is 37.6 Å². The van der Waals surface area contributed by atoms with Gasteiger partial charge in [0.2, 0.25) is 0 Å². The minimum Gasteiger partial charge on any atom is -0.295 e. The number of rotatable bonds is 3. The number of hydrogen-bond donors (Lipinski definition) is 0. The lowest BCUT2D eigenvalue weighted by Crippen LogP contribution is -2.52. The first-order valence-corrected chi connectivity index (χ1v) is 8.16. The van der Waals surface area contributed by atoms with Gasteiger partial charge in [-0.3, -0.25) is 9.80 Å². The van der Waals surface area contributed by atoms with Gasteiger partial charge in [-0.05, 0) is 12.8 Å². The maximum atomic E-state index is 9.40. The third-order valence-corrected chi connectivity index (χ3v) is 4.45. The van der Waals surface area contributed by atoms with Crippen molar-refractivity contribution in [1.82, 2.24) is 19.8 Å². The first-order chi connectivity index (χ1) is 10.5. The van der Waals surface area contributed by atoms with Crippen molar-refractivity contribution in [2.45, 2.75) is 57.7 Å². The van der Waals surface area contributed by atoms with E-state index in [1.54, 1.807) is 0 Å². The summed E-state index contributed by atoms with van der Waals surface area (Å²) in [6.07, 6.45) is 6.39. The topological polar surface area (TPSA) is 56.1 Å². The fourth-order valence-electron chi connectivity index (χ4n) is 3.04. The van der Waals surface area contributed by atoms with E-state index in [9.17, 15) is 5.26 Å². The van der Waals surface area contributed by atoms with Gasteiger partial charge in [-0.15, -0.1) is 0 Å². The minimum atomic E-state index is -0.0136. The van der Waals surface area contributed by atoms with Crippen LogP contribution in [0.4, 0.5) is 0 Å². The molecule has 22 heavy (non-hydrogen) atoms. The summed E-state index contributed by atoms with van der Waals surface area (Å²) in [6.45, 7) is 10.1. The summed E-state index contributed by atoms with van der Waals surface area (Å²) in [7, 11) is 0. The molecule has 5 heteroatoms. The van der Waals surface area contributed by atoms with Crippen LogP contribution in [0.15, 0.2) is 12.4 Å². The Morgan fingerprint density at radius 2 is 1.91 bits per heavy atom. The number of aromatic nitrogens is 2. The average molecular weight is 299 g/mol. The summed E-state index contributed by atoms with van der Waals surface area (Å²) >= 11 is 0. The second-order valence-corrected chi connectivity index (χ2v) is 7.51. The van der Waals surface area contributed by atoms with Crippen molar-refractivity contribution in [2.75, 3.05) is 19.6 Å². The molecule has 0 spiro atoms. The Kier molecular flexibility index (Phi) is 4.16. The summed E-state index contributed by atoms with van der Waals surface area (Å²) in [5.41, 5.74) is 1.12. The van der Waals surface area contributed by atoms with Gasteiger partial charge in [0.1, 0.15) is 11.9 Å². The molecule has 118 valence electrons. The monoisotopic (exact) mass is 299 g/mol. The molecule has 1 saturated heterocycles. The Hall–Kier alpha value is -1.51. The molecule has 3 rings (SSSR count). The molecule has 2 aliphatic rings. The maximum absolute atomic E-state index is 9.40. The van der Waals surface area contributed by atoms with E-state index in [1.165, 1.54) is 12.8 Å². The molecule has 1 aliphatic heterocycles. The predicted octanol–water partition coefficient (Wildman–Crippen LogP) is 1.95. The van der Waals surface area contributed by atoms with E-state index in [-0.39, 0.29) is 11.5 Å². The van der Waals surface area contributed by atoms with Crippen LogP contribution in [0.3, 0.4) is 0 Å². The second kappa shape index (κ2) is 5.94. The van der Waals surface area contributed by atoms with Crippen LogP contribution in [0.2, 0.25) is 0 Å². The summed E-state index contributed by atoms with van der Waals surface area (Å²) in [5.74, 6) is 0.879. The first-order valence-electron chi connectivity index (χ1n) is 8.16. The molecule has 5 nitrogen and oxygen atoms in total. The maximum Gasteiger partial charge on any atom is 0.133 e. The molecule has 1 aromatic heterocycles. The molecular formula is C17H25N5. The molecule has 1 atom stereocenters. The molecular weight excluding hydrogens is 274 g/mol. The lowest BCUT2D eigenvalue weighted by atomic mass is 9.96. The van der Waals surface area contributed by atoms with Crippen molar-refractivity contribution in [2.24, 2.45) is 0 Å². The highest BCUT2D eigenvalue weighted by molar-refractivity contribution is 5.10. The quantitative estimate of drug-likeness (QED) is 0.854. The van der Waals surface area contributed by atoms with Crippen LogP contribution >= 0.6 is 0 Å². The normalized spacial score (nSPS) is 24.2. The largest absolute Gasteiger partial charge is 0.295 e. The van der Waals surface area contributed by atoms with Gasteiger partial charge in [-0.25, -0.2) is 9.97 Å². The number of hydrogen-bond acceptors (Lipinski definition) is 5. The highest BCUT2D eigenvalue weighted by Gasteiger charge is 2.37. The van der Waals surface area contributed by atoms with Crippen molar-refractivity contribution in [3.05, 3.63) is 23.8 Å². The summed E-state index contributed by atoms with van der Waals surface area (Å²) < 4.78 is 0. The van der Waals surface area contributed by atoms with Gasteiger partial charge in [0.25, 0.3) is 0 Å².